The van der Waals surface area contributed by atoms with Gasteiger partial charge >= 0.3 is 0 Å². The number of aryl methyl sites for hydroxylation is 1. The van der Waals surface area contributed by atoms with E-state index in [0.29, 0.717) is 13.1 Å². The minimum Gasteiger partial charge on any atom is -0.481 e. The van der Waals surface area contributed by atoms with Crippen molar-refractivity contribution in [2.24, 2.45) is 0 Å². The number of aromatic amines is 1. The number of benzene rings is 1. The number of amides is 1. The number of carbonyl (C=O) groups excluding carboxylic acids is 1. The Kier molecular flexibility index (Phi) is 3.64. The zero-order valence-corrected chi connectivity index (χ0v) is 12.3. The summed E-state index contributed by atoms with van der Waals surface area (Å²) < 4.78 is 5.74. The van der Waals surface area contributed by atoms with Gasteiger partial charge in [0.1, 0.15) is 5.75 Å². The molecule has 2 aromatic rings. The van der Waals surface area contributed by atoms with Crippen molar-refractivity contribution in [3.63, 3.8) is 0 Å². The summed E-state index contributed by atoms with van der Waals surface area (Å²) in [6.07, 6.45) is 2.12. The molecule has 0 radical (unpaired) electrons. The molecule has 0 bridgehead atoms. The summed E-state index contributed by atoms with van der Waals surface area (Å²) in [6, 6.07) is 7.74. The predicted octanol–water partition coefficient (Wildman–Crippen LogP) is 2.07. The Hall–Kier alpha value is -2.30. The topological polar surface area (TPSA) is 58.2 Å². The van der Waals surface area contributed by atoms with E-state index in [0.717, 1.165) is 23.4 Å². The third kappa shape index (κ3) is 2.91. The summed E-state index contributed by atoms with van der Waals surface area (Å²) in [5.74, 6) is 0.741. The lowest BCUT2D eigenvalue weighted by Crippen LogP contribution is -2.43. The number of rotatable bonds is 3. The van der Waals surface area contributed by atoms with Gasteiger partial charge in [-0.05, 0) is 26.0 Å². The molecule has 0 fully saturated rings. The first-order valence-corrected chi connectivity index (χ1v) is 7.16. The number of aromatic nitrogens is 2. The fourth-order valence-corrected chi connectivity index (χ4v) is 2.54. The van der Waals surface area contributed by atoms with Gasteiger partial charge in [0.05, 0.1) is 6.20 Å². The van der Waals surface area contributed by atoms with Crippen LogP contribution in [0.3, 0.4) is 0 Å². The molecule has 1 aliphatic rings. The Bertz CT molecular complexity index is 633. The fourth-order valence-electron chi connectivity index (χ4n) is 2.54. The third-order valence-electron chi connectivity index (χ3n) is 3.79. The Morgan fingerprint density at radius 1 is 1.38 bits per heavy atom. The Morgan fingerprint density at radius 2 is 2.14 bits per heavy atom. The second-order valence-corrected chi connectivity index (χ2v) is 5.46. The lowest BCUT2D eigenvalue weighted by atomic mass is 10.1. The van der Waals surface area contributed by atoms with E-state index >= 15 is 0 Å². The van der Waals surface area contributed by atoms with Crippen LogP contribution in [0.25, 0.3) is 0 Å². The van der Waals surface area contributed by atoms with Crippen LogP contribution in [0.15, 0.2) is 30.5 Å². The molecule has 21 heavy (non-hydrogen) atoms. The number of carbonyl (C=O) groups is 1. The van der Waals surface area contributed by atoms with Crippen LogP contribution in [-0.4, -0.2) is 33.7 Å². The molecule has 5 heteroatoms. The third-order valence-corrected chi connectivity index (χ3v) is 3.79. The zero-order valence-electron chi connectivity index (χ0n) is 12.3. The molecule has 1 aromatic carbocycles. The summed E-state index contributed by atoms with van der Waals surface area (Å²) in [5, 5.41) is 7.00. The molecule has 3 rings (SSSR count). The molecule has 0 saturated carbocycles. The van der Waals surface area contributed by atoms with Crippen LogP contribution in [0.2, 0.25) is 0 Å². The maximum Gasteiger partial charge on any atom is 0.263 e. The number of ether oxygens (including phenoxy) is 1. The van der Waals surface area contributed by atoms with Crippen molar-refractivity contribution >= 4 is 5.91 Å². The van der Waals surface area contributed by atoms with E-state index in [1.807, 2.05) is 36.1 Å². The Balaban J connectivity index is 1.64. The van der Waals surface area contributed by atoms with Crippen molar-refractivity contribution in [3.8, 4) is 5.75 Å². The van der Waals surface area contributed by atoms with E-state index in [1.54, 1.807) is 13.1 Å². The number of H-pyrrole nitrogens is 1. The van der Waals surface area contributed by atoms with Gasteiger partial charge in [0.2, 0.25) is 0 Å². The Labute approximate surface area is 123 Å². The van der Waals surface area contributed by atoms with Crippen LogP contribution in [0, 0.1) is 6.92 Å². The van der Waals surface area contributed by atoms with Gasteiger partial charge in [-0.3, -0.25) is 9.89 Å². The van der Waals surface area contributed by atoms with Crippen LogP contribution in [0.5, 0.6) is 5.75 Å². The van der Waals surface area contributed by atoms with Crippen molar-refractivity contribution in [1.82, 2.24) is 15.1 Å². The highest BCUT2D eigenvalue weighted by Gasteiger charge is 2.26. The molecule has 5 nitrogen and oxygen atoms in total. The molecule has 1 aliphatic heterocycles. The molecule has 2 heterocycles. The van der Waals surface area contributed by atoms with Gasteiger partial charge in [0, 0.05) is 30.8 Å². The average molecular weight is 285 g/mol. The number of fused-ring (bicyclic) bond motifs is 1. The summed E-state index contributed by atoms with van der Waals surface area (Å²) >= 11 is 0. The molecule has 0 unspecified atom stereocenters. The molecule has 1 aromatic heterocycles. The van der Waals surface area contributed by atoms with Crippen molar-refractivity contribution in [2.75, 3.05) is 6.54 Å². The largest absolute Gasteiger partial charge is 0.481 e. The van der Waals surface area contributed by atoms with E-state index in [2.05, 4.69) is 10.2 Å². The SMILES string of the molecule is Cc1ccc(O[C@H](C)C(=O)N2CCc3[nH]ncc3C2)cc1. The molecule has 110 valence electrons. The first kappa shape index (κ1) is 13.7. The maximum atomic E-state index is 12.5. The van der Waals surface area contributed by atoms with Crippen molar-refractivity contribution < 1.29 is 9.53 Å². The van der Waals surface area contributed by atoms with Crippen LogP contribution in [-0.2, 0) is 17.8 Å². The molecule has 1 N–H and O–H groups in total. The summed E-state index contributed by atoms with van der Waals surface area (Å²) in [6.45, 7) is 5.13. The quantitative estimate of drug-likeness (QED) is 0.939. The zero-order chi connectivity index (χ0) is 14.8. The predicted molar refractivity (Wildman–Crippen MR) is 79.0 cm³/mol. The molecule has 0 aliphatic carbocycles. The number of hydrogen-bond donors (Lipinski definition) is 1. The van der Waals surface area contributed by atoms with Crippen LogP contribution >= 0.6 is 0 Å². The van der Waals surface area contributed by atoms with E-state index in [-0.39, 0.29) is 5.91 Å². The smallest absolute Gasteiger partial charge is 0.263 e. The van der Waals surface area contributed by atoms with E-state index < -0.39 is 6.10 Å². The standard InChI is InChI=1S/C16H19N3O2/c1-11-3-5-14(6-4-11)21-12(2)16(20)19-8-7-15-13(10-19)9-17-18-15/h3-6,9,12H,7-8,10H2,1-2H3,(H,17,18)/t12-/m1/s1. The highest BCUT2D eigenvalue weighted by Crippen LogP contribution is 2.19. The second kappa shape index (κ2) is 5.60. The summed E-state index contributed by atoms with van der Waals surface area (Å²) in [7, 11) is 0. The number of nitrogens with one attached hydrogen (secondary N) is 1. The normalized spacial score (nSPS) is 15.4. The first-order chi connectivity index (χ1) is 10.1. The first-order valence-electron chi connectivity index (χ1n) is 7.16. The van der Waals surface area contributed by atoms with Gasteiger partial charge < -0.3 is 9.64 Å². The molecule has 0 saturated heterocycles. The molecule has 0 spiro atoms. The summed E-state index contributed by atoms with van der Waals surface area (Å²) in [4.78, 5) is 14.3. The minimum absolute atomic E-state index is 0.0161. The molecular weight excluding hydrogens is 266 g/mol. The molecule has 1 amide bonds. The van der Waals surface area contributed by atoms with Crippen molar-refractivity contribution in [3.05, 3.63) is 47.3 Å². The highest BCUT2D eigenvalue weighted by atomic mass is 16.5. The van der Waals surface area contributed by atoms with E-state index in [4.69, 9.17) is 4.74 Å². The number of nitrogens with zero attached hydrogens (tertiary/aromatic N) is 2. The van der Waals surface area contributed by atoms with Gasteiger partial charge in [-0.2, -0.15) is 5.10 Å². The average Bonchev–Trinajstić information content (AvgIpc) is 2.96. The molecule has 1 atom stereocenters. The van der Waals surface area contributed by atoms with Crippen LogP contribution in [0.4, 0.5) is 0 Å². The lowest BCUT2D eigenvalue weighted by molar-refractivity contribution is -0.138. The Morgan fingerprint density at radius 3 is 2.90 bits per heavy atom. The molecular formula is C16H19N3O2. The number of hydrogen-bond acceptors (Lipinski definition) is 3. The van der Waals surface area contributed by atoms with Gasteiger partial charge in [-0.15, -0.1) is 0 Å². The maximum absolute atomic E-state index is 12.5. The lowest BCUT2D eigenvalue weighted by Gasteiger charge is -2.29. The van der Waals surface area contributed by atoms with Gasteiger partial charge in [-0.25, -0.2) is 0 Å². The van der Waals surface area contributed by atoms with E-state index in [9.17, 15) is 4.79 Å². The highest BCUT2D eigenvalue weighted by molar-refractivity contribution is 5.81. The van der Waals surface area contributed by atoms with Crippen LogP contribution in [0.1, 0.15) is 23.7 Å². The van der Waals surface area contributed by atoms with Crippen molar-refractivity contribution in [1.29, 1.82) is 0 Å². The monoisotopic (exact) mass is 285 g/mol. The minimum atomic E-state index is -0.485. The second-order valence-electron chi connectivity index (χ2n) is 5.46. The van der Waals surface area contributed by atoms with Crippen LogP contribution < -0.4 is 4.74 Å². The van der Waals surface area contributed by atoms with Gasteiger partial charge in [0.15, 0.2) is 6.10 Å². The summed E-state index contributed by atoms with van der Waals surface area (Å²) in [5.41, 5.74) is 3.40. The van der Waals surface area contributed by atoms with Gasteiger partial charge in [-0.1, -0.05) is 17.7 Å². The van der Waals surface area contributed by atoms with E-state index in [1.165, 1.54) is 5.56 Å². The van der Waals surface area contributed by atoms with Gasteiger partial charge in [0.25, 0.3) is 5.91 Å². The fraction of sp³-hybridized carbons (Fsp3) is 0.375. The van der Waals surface area contributed by atoms with Crippen molar-refractivity contribution in [2.45, 2.75) is 32.9 Å².